The number of benzene rings is 2. The van der Waals surface area contributed by atoms with Crippen molar-refractivity contribution < 1.29 is 9.32 Å². The summed E-state index contributed by atoms with van der Waals surface area (Å²) in [5.41, 5.74) is 3.72. The van der Waals surface area contributed by atoms with E-state index in [-0.39, 0.29) is 12.3 Å². The van der Waals surface area contributed by atoms with Gasteiger partial charge in [0.15, 0.2) is 5.58 Å². The Bertz CT molecular complexity index is 1210. The zero-order chi connectivity index (χ0) is 22.5. The van der Waals surface area contributed by atoms with E-state index in [0.29, 0.717) is 22.9 Å². The highest BCUT2D eigenvalue weighted by Gasteiger charge is 2.12. The van der Waals surface area contributed by atoms with Gasteiger partial charge in [0.1, 0.15) is 11.5 Å². The first-order chi connectivity index (χ1) is 15.6. The van der Waals surface area contributed by atoms with E-state index in [1.807, 2.05) is 61.5 Å². The zero-order valence-electron chi connectivity index (χ0n) is 18.4. The maximum absolute atomic E-state index is 12.5. The van der Waals surface area contributed by atoms with Gasteiger partial charge < -0.3 is 20.1 Å². The Morgan fingerprint density at radius 2 is 1.72 bits per heavy atom. The zero-order valence-corrected chi connectivity index (χ0v) is 18.4. The number of fused-ring (bicyclic) bond motifs is 1. The van der Waals surface area contributed by atoms with Crippen LogP contribution in [0.4, 0.5) is 23.1 Å². The molecule has 4 aromatic rings. The second kappa shape index (κ2) is 9.47. The van der Waals surface area contributed by atoms with Gasteiger partial charge in [-0.25, -0.2) is 4.98 Å². The number of hydrogen-bond acceptors (Lipinski definition) is 7. The summed E-state index contributed by atoms with van der Waals surface area (Å²) in [6.07, 6.45) is 0.141. The summed E-state index contributed by atoms with van der Waals surface area (Å²) in [5, 5.41) is 11.0. The first kappa shape index (κ1) is 21.3. The van der Waals surface area contributed by atoms with Crippen molar-refractivity contribution in [3.63, 3.8) is 0 Å². The molecule has 2 heterocycles. The first-order valence-electron chi connectivity index (χ1n) is 10.7. The van der Waals surface area contributed by atoms with Crippen LogP contribution >= 0.6 is 0 Å². The van der Waals surface area contributed by atoms with Crippen molar-refractivity contribution in [1.82, 2.24) is 15.1 Å². The van der Waals surface area contributed by atoms with Crippen LogP contribution in [0.2, 0.25) is 0 Å². The number of hydrogen-bond donors (Lipinski definition) is 2. The summed E-state index contributed by atoms with van der Waals surface area (Å²) in [7, 11) is 0. The lowest BCUT2D eigenvalue weighted by Crippen LogP contribution is -2.23. The minimum atomic E-state index is -0.157. The lowest BCUT2D eigenvalue weighted by molar-refractivity contribution is -0.115. The fourth-order valence-electron chi connectivity index (χ4n) is 3.51. The third-order valence-corrected chi connectivity index (χ3v) is 5.13. The Hall–Kier alpha value is -3.94. The van der Waals surface area contributed by atoms with Crippen molar-refractivity contribution >= 4 is 40.0 Å². The van der Waals surface area contributed by atoms with Gasteiger partial charge in [-0.1, -0.05) is 17.3 Å². The fourth-order valence-corrected chi connectivity index (χ4v) is 3.51. The molecule has 4 rings (SSSR count). The van der Waals surface area contributed by atoms with Crippen molar-refractivity contribution in [2.45, 2.75) is 27.2 Å². The molecule has 2 N–H and O–H groups in total. The summed E-state index contributed by atoms with van der Waals surface area (Å²) in [5.74, 6) is 1.28. The Labute approximate surface area is 186 Å². The normalized spacial score (nSPS) is 10.8. The Morgan fingerprint density at radius 3 is 2.47 bits per heavy atom. The average Bonchev–Trinajstić information content (AvgIpc) is 3.18. The molecule has 0 bridgehead atoms. The highest BCUT2D eigenvalue weighted by Crippen LogP contribution is 2.21. The minimum absolute atomic E-state index is 0.141. The van der Waals surface area contributed by atoms with Gasteiger partial charge in [0.2, 0.25) is 11.9 Å². The van der Waals surface area contributed by atoms with Crippen molar-refractivity contribution in [2.75, 3.05) is 28.6 Å². The Balaban J connectivity index is 1.40. The number of nitrogens with one attached hydrogen (secondary N) is 2. The number of nitrogens with zero attached hydrogens (tertiary/aromatic N) is 4. The maximum Gasteiger partial charge on any atom is 0.230 e. The van der Waals surface area contributed by atoms with Crippen LogP contribution in [-0.4, -0.2) is 34.1 Å². The van der Waals surface area contributed by atoms with E-state index in [4.69, 9.17) is 4.52 Å². The van der Waals surface area contributed by atoms with Gasteiger partial charge in [0.25, 0.3) is 0 Å². The molecule has 0 aliphatic rings. The molecule has 0 aliphatic heterocycles. The number of para-hydroxylation sites is 1. The van der Waals surface area contributed by atoms with Gasteiger partial charge in [0, 0.05) is 41.6 Å². The SMILES string of the molecule is CCN(CC)c1cc(C)nc(Nc2ccc(NC(=O)Cc3noc4ccccc34)cc2)n1. The number of rotatable bonds is 8. The molecular weight excluding hydrogens is 404 g/mol. The van der Waals surface area contributed by atoms with Crippen LogP contribution in [0.3, 0.4) is 0 Å². The monoisotopic (exact) mass is 430 g/mol. The topological polar surface area (TPSA) is 96.2 Å². The largest absolute Gasteiger partial charge is 0.357 e. The fraction of sp³-hybridized carbons (Fsp3) is 0.250. The number of carbonyl (C=O) groups is 1. The molecule has 0 atom stereocenters. The molecule has 164 valence electrons. The van der Waals surface area contributed by atoms with E-state index in [9.17, 15) is 4.79 Å². The standard InChI is InChI=1S/C24H26N6O2/c1-4-30(5-2)22-14-16(3)25-24(28-22)27-18-12-10-17(11-13-18)26-23(31)15-20-19-8-6-7-9-21(19)32-29-20/h6-14H,4-5,15H2,1-3H3,(H,26,31)(H,25,27,28). The summed E-state index contributed by atoms with van der Waals surface area (Å²) >= 11 is 0. The van der Waals surface area contributed by atoms with Crippen LogP contribution in [-0.2, 0) is 11.2 Å². The Kier molecular flexibility index (Phi) is 6.30. The number of aryl methyl sites for hydroxylation is 1. The average molecular weight is 431 g/mol. The van der Waals surface area contributed by atoms with Gasteiger partial charge >= 0.3 is 0 Å². The number of aromatic nitrogens is 3. The maximum atomic E-state index is 12.5. The van der Waals surface area contributed by atoms with E-state index >= 15 is 0 Å². The molecule has 2 aromatic heterocycles. The molecule has 0 aliphatic carbocycles. The molecule has 32 heavy (non-hydrogen) atoms. The summed E-state index contributed by atoms with van der Waals surface area (Å²) in [4.78, 5) is 23.7. The summed E-state index contributed by atoms with van der Waals surface area (Å²) in [6, 6.07) is 16.9. The number of anilines is 4. The molecule has 0 unspecified atom stereocenters. The van der Waals surface area contributed by atoms with E-state index in [1.165, 1.54) is 0 Å². The predicted octanol–water partition coefficient (Wildman–Crippen LogP) is 4.70. The third-order valence-electron chi connectivity index (χ3n) is 5.13. The molecule has 1 amide bonds. The predicted molar refractivity (Wildman–Crippen MR) is 126 cm³/mol. The minimum Gasteiger partial charge on any atom is -0.357 e. The molecule has 0 fully saturated rings. The van der Waals surface area contributed by atoms with Gasteiger partial charge in [-0.05, 0) is 57.2 Å². The molecule has 0 radical (unpaired) electrons. The number of amides is 1. The van der Waals surface area contributed by atoms with Gasteiger partial charge in [-0.15, -0.1) is 0 Å². The highest BCUT2D eigenvalue weighted by atomic mass is 16.5. The molecule has 2 aromatic carbocycles. The van der Waals surface area contributed by atoms with Gasteiger partial charge in [0.05, 0.1) is 6.42 Å². The Morgan fingerprint density at radius 1 is 1.00 bits per heavy atom. The quantitative estimate of drug-likeness (QED) is 0.418. The molecule has 0 spiro atoms. The van der Waals surface area contributed by atoms with Crippen LogP contribution in [0.15, 0.2) is 59.1 Å². The van der Waals surface area contributed by atoms with Crippen molar-refractivity contribution in [3.05, 3.63) is 66.0 Å². The smallest absolute Gasteiger partial charge is 0.230 e. The van der Waals surface area contributed by atoms with Crippen LogP contribution in [0.1, 0.15) is 25.2 Å². The van der Waals surface area contributed by atoms with E-state index in [2.05, 4.69) is 44.5 Å². The van der Waals surface area contributed by atoms with E-state index in [0.717, 1.165) is 35.7 Å². The molecule has 0 saturated heterocycles. The van der Waals surface area contributed by atoms with Crippen LogP contribution in [0, 0.1) is 6.92 Å². The molecular formula is C24H26N6O2. The summed E-state index contributed by atoms with van der Waals surface area (Å²) < 4.78 is 5.27. The summed E-state index contributed by atoms with van der Waals surface area (Å²) in [6.45, 7) is 7.92. The van der Waals surface area contributed by atoms with E-state index < -0.39 is 0 Å². The lowest BCUT2D eigenvalue weighted by atomic mass is 10.1. The van der Waals surface area contributed by atoms with Gasteiger partial charge in [-0.3, -0.25) is 4.79 Å². The highest BCUT2D eigenvalue weighted by molar-refractivity contribution is 5.94. The molecule has 8 nitrogen and oxygen atoms in total. The van der Waals surface area contributed by atoms with Crippen LogP contribution < -0.4 is 15.5 Å². The van der Waals surface area contributed by atoms with E-state index in [1.54, 1.807) is 0 Å². The van der Waals surface area contributed by atoms with Crippen LogP contribution in [0.25, 0.3) is 11.0 Å². The first-order valence-corrected chi connectivity index (χ1v) is 10.7. The number of carbonyl (C=O) groups excluding carboxylic acids is 1. The second-order valence-corrected chi connectivity index (χ2v) is 7.42. The van der Waals surface area contributed by atoms with Crippen LogP contribution in [0.5, 0.6) is 0 Å². The third kappa shape index (κ3) is 4.85. The van der Waals surface area contributed by atoms with Crippen molar-refractivity contribution in [3.8, 4) is 0 Å². The van der Waals surface area contributed by atoms with Crippen molar-refractivity contribution in [1.29, 1.82) is 0 Å². The molecule has 0 saturated carbocycles. The van der Waals surface area contributed by atoms with Gasteiger partial charge in [-0.2, -0.15) is 4.98 Å². The second-order valence-electron chi connectivity index (χ2n) is 7.42. The van der Waals surface area contributed by atoms with Crippen molar-refractivity contribution in [2.24, 2.45) is 0 Å². The lowest BCUT2D eigenvalue weighted by Gasteiger charge is -2.20. The molecule has 8 heteroatoms.